The summed E-state index contributed by atoms with van der Waals surface area (Å²) in [4.78, 5) is 0. The van der Waals surface area contributed by atoms with E-state index in [1.54, 1.807) is 11.3 Å². The summed E-state index contributed by atoms with van der Waals surface area (Å²) in [5.74, 6) is 0.712. The zero-order valence-corrected chi connectivity index (χ0v) is 10.3. The summed E-state index contributed by atoms with van der Waals surface area (Å²) in [6.07, 6.45) is 0. The number of thiophene rings is 1. The van der Waals surface area contributed by atoms with Gasteiger partial charge in [-0.2, -0.15) is 11.3 Å². The van der Waals surface area contributed by atoms with E-state index in [2.05, 4.69) is 21.3 Å². The Labute approximate surface area is 101 Å². The fourth-order valence-electron chi connectivity index (χ4n) is 1.21. The first-order valence-electron chi connectivity index (χ1n) is 4.45. The van der Waals surface area contributed by atoms with E-state index in [4.69, 9.17) is 10.5 Å². The van der Waals surface area contributed by atoms with Crippen LogP contribution in [-0.2, 0) is 6.61 Å². The standard InChI is InChI=1S/C11H10BrNOS/c12-9-2-1-3-10(13)11(9)14-6-8-4-5-15-7-8/h1-5,7H,6,13H2. The second kappa shape index (κ2) is 4.68. The van der Waals surface area contributed by atoms with Crippen LogP contribution in [0.15, 0.2) is 39.5 Å². The minimum absolute atomic E-state index is 0.552. The molecule has 2 aromatic rings. The smallest absolute Gasteiger partial charge is 0.156 e. The van der Waals surface area contributed by atoms with Gasteiger partial charge in [0.05, 0.1) is 10.2 Å². The number of ether oxygens (including phenoxy) is 1. The average Bonchev–Trinajstić information content (AvgIpc) is 2.70. The van der Waals surface area contributed by atoms with Gasteiger partial charge in [-0.1, -0.05) is 6.07 Å². The molecule has 0 atom stereocenters. The maximum atomic E-state index is 5.81. The summed E-state index contributed by atoms with van der Waals surface area (Å²) in [5, 5.41) is 4.09. The molecular weight excluding hydrogens is 274 g/mol. The van der Waals surface area contributed by atoms with Gasteiger partial charge in [0.15, 0.2) is 5.75 Å². The summed E-state index contributed by atoms with van der Waals surface area (Å²) in [7, 11) is 0. The number of hydrogen-bond acceptors (Lipinski definition) is 3. The predicted octanol–water partition coefficient (Wildman–Crippen LogP) is 3.67. The lowest BCUT2D eigenvalue weighted by Gasteiger charge is -2.09. The third-order valence-electron chi connectivity index (χ3n) is 1.96. The van der Waals surface area contributed by atoms with Gasteiger partial charge in [-0.15, -0.1) is 0 Å². The number of hydrogen-bond donors (Lipinski definition) is 1. The zero-order chi connectivity index (χ0) is 10.7. The van der Waals surface area contributed by atoms with Crippen LogP contribution in [0, 0.1) is 0 Å². The second-order valence-corrected chi connectivity index (χ2v) is 4.71. The molecule has 1 heterocycles. The molecule has 0 aliphatic rings. The highest BCUT2D eigenvalue weighted by Gasteiger charge is 2.05. The van der Waals surface area contributed by atoms with Crippen molar-refractivity contribution in [1.29, 1.82) is 0 Å². The van der Waals surface area contributed by atoms with Crippen LogP contribution in [0.1, 0.15) is 5.56 Å². The van der Waals surface area contributed by atoms with E-state index in [-0.39, 0.29) is 0 Å². The van der Waals surface area contributed by atoms with Crippen LogP contribution in [0.5, 0.6) is 5.75 Å². The first kappa shape index (κ1) is 10.5. The summed E-state index contributed by atoms with van der Waals surface area (Å²) >= 11 is 5.07. The van der Waals surface area contributed by atoms with Gasteiger partial charge in [-0.25, -0.2) is 0 Å². The Balaban J connectivity index is 2.11. The molecule has 0 saturated carbocycles. The highest BCUT2D eigenvalue weighted by Crippen LogP contribution is 2.31. The molecule has 4 heteroatoms. The van der Waals surface area contributed by atoms with Gasteiger partial charge in [0.2, 0.25) is 0 Å². The van der Waals surface area contributed by atoms with Crippen LogP contribution in [-0.4, -0.2) is 0 Å². The lowest BCUT2D eigenvalue weighted by Crippen LogP contribution is -1.98. The maximum Gasteiger partial charge on any atom is 0.156 e. The molecule has 0 spiro atoms. The third-order valence-corrected chi connectivity index (χ3v) is 3.32. The molecule has 15 heavy (non-hydrogen) atoms. The summed E-state index contributed by atoms with van der Waals surface area (Å²) in [6, 6.07) is 7.67. The molecule has 0 unspecified atom stereocenters. The Morgan fingerprint density at radius 1 is 1.33 bits per heavy atom. The summed E-state index contributed by atoms with van der Waals surface area (Å²) in [5.41, 5.74) is 7.62. The molecule has 0 amide bonds. The van der Waals surface area contributed by atoms with Crippen molar-refractivity contribution in [3.05, 3.63) is 45.1 Å². The Bertz CT molecular complexity index is 422. The van der Waals surface area contributed by atoms with Crippen molar-refractivity contribution in [1.82, 2.24) is 0 Å². The van der Waals surface area contributed by atoms with Gasteiger partial charge in [0.25, 0.3) is 0 Å². The largest absolute Gasteiger partial charge is 0.486 e. The van der Waals surface area contributed by atoms with Gasteiger partial charge in [0.1, 0.15) is 6.61 Å². The van der Waals surface area contributed by atoms with Crippen LogP contribution < -0.4 is 10.5 Å². The van der Waals surface area contributed by atoms with E-state index in [0.717, 1.165) is 10.0 Å². The third kappa shape index (κ3) is 2.52. The Hall–Kier alpha value is -1.00. The highest BCUT2D eigenvalue weighted by atomic mass is 79.9. The fourth-order valence-corrected chi connectivity index (χ4v) is 2.36. The van der Waals surface area contributed by atoms with Crippen molar-refractivity contribution >= 4 is 33.0 Å². The number of nitrogens with two attached hydrogens (primary N) is 1. The topological polar surface area (TPSA) is 35.2 Å². The van der Waals surface area contributed by atoms with Crippen LogP contribution in [0.2, 0.25) is 0 Å². The fraction of sp³-hybridized carbons (Fsp3) is 0.0909. The summed E-state index contributed by atoms with van der Waals surface area (Å²) < 4.78 is 6.53. The molecule has 0 fully saturated rings. The van der Waals surface area contributed by atoms with Crippen molar-refractivity contribution in [2.24, 2.45) is 0 Å². The SMILES string of the molecule is Nc1cccc(Br)c1OCc1ccsc1. The van der Waals surface area contributed by atoms with Crippen molar-refractivity contribution in [3.63, 3.8) is 0 Å². The molecule has 1 aromatic heterocycles. The minimum atomic E-state index is 0.552. The molecule has 0 aliphatic carbocycles. The van der Waals surface area contributed by atoms with Crippen molar-refractivity contribution in [3.8, 4) is 5.75 Å². The van der Waals surface area contributed by atoms with Crippen molar-refractivity contribution < 1.29 is 4.74 Å². The minimum Gasteiger partial charge on any atom is -0.486 e. The van der Waals surface area contributed by atoms with Crippen molar-refractivity contribution in [2.75, 3.05) is 5.73 Å². The van der Waals surface area contributed by atoms with E-state index in [1.165, 1.54) is 0 Å². The van der Waals surface area contributed by atoms with Gasteiger partial charge in [0, 0.05) is 0 Å². The van der Waals surface area contributed by atoms with E-state index in [9.17, 15) is 0 Å². The molecule has 2 nitrogen and oxygen atoms in total. The molecule has 1 aromatic carbocycles. The number of para-hydroxylation sites is 1. The number of rotatable bonds is 3. The Kier molecular flexibility index (Phi) is 3.28. The molecule has 2 rings (SSSR count). The van der Waals surface area contributed by atoms with E-state index in [1.807, 2.05) is 29.6 Å². The number of anilines is 1. The van der Waals surface area contributed by atoms with Crippen molar-refractivity contribution in [2.45, 2.75) is 6.61 Å². The normalized spacial score (nSPS) is 10.2. The average molecular weight is 284 g/mol. The molecule has 0 radical (unpaired) electrons. The lowest BCUT2D eigenvalue weighted by atomic mass is 10.3. The first-order valence-corrected chi connectivity index (χ1v) is 6.19. The second-order valence-electron chi connectivity index (χ2n) is 3.08. The van der Waals surface area contributed by atoms with E-state index < -0.39 is 0 Å². The first-order chi connectivity index (χ1) is 7.27. The lowest BCUT2D eigenvalue weighted by molar-refractivity contribution is 0.306. The number of nitrogen functional groups attached to an aromatic ring is 1. The molecule has 0 bridgehead atoms. The van der Waals surface area contributed by atoms with Crippen LogP contribution in [0.25, 0.3) is 0 Å². The Morgan fingerprint density at radius 2 is 2.20 bits per heavy atom. The van der Waals surface area contributed by atoms with Gasteiger partial charge >= 0.3 is 0 Å². The van der Waals surface area contributed by atoms with Crippen LogP contribution >= 0.6 is 27.3 Å². The predicted molar refractivity (Wildman–Crippen MR) is 67.2 cm³/mol. The summed E-state index contributed by atoms with van der Waals surface area (Å²) in [6.45, 7) is 0.552. The maximum absolute atomic E-state index is 5.81. The van der Waals surface area contributed by atoms with E-state index in [0.29, 0.717) is 18.0 Å². The van der Waals surface area contributed by atoms with Crippen LogP contribution in [0.3, 0.4) is 0 Å². The molecule has 0 saturated heterocycles. The van der Waals surface area contributed by atoms with Gasteiger partial charge in [-0.3, -0.25) is 0 Å². The quantitative estimate of drug-likeness (QED) is 0.873. The van der Waals surface area contributed by atoms with Gasteiger partial charge in [-0.05, 0) is 50.5 Å². The molecule has 2 N–H and O–H groups in total. The number of benzene rings is 1. The van der Waals surface area contributed by atoms with Gasteiger partial charge < -0.3 is 10.5 Å². The zero-order valence-electron chi connectivity index (χ0n) is 7.94. The van der Waals surface area contributed by atoms with E-state index >= 15 is 0 Å². The molecular formula is C11H10BrNOS. The molecule has 78 valence electrons. The highest BCUT2D eigenvalue weighted by molar-refractivity contribution is 9.10. The Morgan fingerprint density at radius 3 is 2.87 bits per heavy atom. The number of halogens is 1. The molecule has 0 aliphatic heterocycles. The van der Waals surface area contributed by atoms with Crippen LogP contribution in [0.4, 0.5) is 5.69 Å². The monoisotopic (exact) mass is 283 g/mol.